The van der Waals surface area contributed by atoms with E-state index in [2.05, 4.69) is 6.92 Å². The van der Waals surface area contributed by atoms with Crippen molar-refractivity contribution < 1.29 is 17.7 Å². The normalized spacial score (nSPS) is 13.0. The minimum Gasteiger partial charge on any atom is -0.376 e. The third-order valence-electron chi connectivity index (χ3n) is 3.32. The van der Waals surface area contributed by atoms with Gasteiger partial charge in [0.15, 0.2) is 0 Å². The SMILES string of the molecule is CC(COCc1ccccc1)Cc1ccc(S(=O)(=O)O)cc1. The van der Waals surface area contributed by atoms with Crippen LogP contribution in [-0.2, 0) is 27.9 Å². The fraction of sp³-hybridized carbons (Fsp3) is 0.294. The summed E-state index contributed by atoms with van der Waals surface area (Å²) in [6.45, 7) is 3.31. The number of rotatable bonds is 7. The Bertz CT molecular complexity index is 678. The molecular weight excluding hydrogens is 300 g/mol. The number of ether oxygens (including phenoxy) is 1. The number of hydrogen-bond donors (Lipinski definition) is 1. The van der Waals surface area contributed by atoms with Crippen LogP contribution in [0, 0.1) is 5.92 Å². The van der Waals surface area contributed by atoms with Gasteiger partial charge in [-0.15, -0.1) is 0 Å². The van der Waals surface area contributed by atoms with Crippen molar-refractivity contribution in [2.45, 2.75) is 24.8 Å². The Morgan fingerprint density at radius 3 is 2.23 bits per heavy atom. The molecule has 1 unspecified atom stereocenters. The first-order valence-corrected chi connectivity index (χ1v) is 8.57. The van der Waals surface area contributed by atoms with Gasteiger partial charge in [-0.25, -0.2) is 0 Å². The lowest BCUT2D eigenvalue weighted by molar-refractivity contribution is 0.0921. The molecule has 4 nitrogen and oxygen atoms in total. The average Bonchev–Trinajstić information content (AvgIpc) is 2.48. The molecule has 2 aromatic carbocycles. The third kappa shape index (κ3) is 5.26. The Morgan fingerprint density at radius 2 is 1.64 bits per heavy atom. The van der Waals surface area contributed by atoms with Gasteiger partial charge in [-0.05, 0) is 35.6 Å². The molecule has 0 aromatic heterocycles. The maximum atomic E-state index is 11.0. The number of hydrogen-bond acceptors (Lipinski definition) is 3. The minimum absolute atomic E-state index is 0.0794. The van der Waals surface area contributed by atoms with E-state index < -0.39 is 10.1 Å². The van der Waals surface area contributed by atoms with Crippen molar-refractivity contribution in [1.29, 1.82) is 0 Å². The van der Waals surface area contributed by atoms with Gasteiger partial charge in [0, 0.05) is 6.61 Å². The van der Waals surface area contributed by atoms with E-state index in [0.717, 1.165) is 17.5 Å². The molecule has 0 saturated heterocycles. The fourth-order valence-corrected chi connectivity index (χ4v) is 2.69. The lowest BCUT2D eigenvalue weighted by Gasteiger charge is -2.12. The summed E-state index contributed by atoms with van der Waals surface area (Å²) < 4.78 is 36.6. The second-order valence-corrected chi connectivity index (χ2v) is 6.85. The van der Waals surface area contributed by atoms with E-state index in [1.807, 2.05) is 30.3 Å². The Kier molecular flexibility index (Phi) is 5.71. The summed E-state index contributed by atoms with van der Waals surface area (Å²) in [5.74, 6) is 0.320. The highest BCUT2D eigenvalue weighted by molar-refractivity contribution is 7.85. The van der Waals surface area contributed by atoms with Crippen molar-refractivity contribution in [1.82, 2.24) is 0 Å². The van der Waals surface area contributed by atoms with Gasteiger partial charge in [0.2, 0.25) is 0 Å². The molecule has 1 atom stereocenters. The first kappa shape index (κ1) is 16.7. The second kappa shape index (κ2) is 7.54. The van der Waals surface area contributed by atoms with Gasteiger partial charge in [0.05, 0.1) is 11.5 Å². The summed E-state index contributed by atoms with van der Waals surface area (Å²) in [6, 6.07) is 16.3. The Hall–Kier alpha value is -1.69. The van der Waals surface area contributed by atoms with Crippen LogP contribution in [0.3, 0.4) is 0 Å². The summed E-state index contributed by atoms with van der Waals surface area (Å²) in [4.78, 5) is -0.0794. The maximum absolute atomic E-state index is 11.0. The van der Waals surface area contributed by atoms with Gasteiger partial charge in [-0.1, -0.05) is 49.4 Å². The number of benzene rings is 2. The fourth-order valence-electron chi connectivity index (χ4n) is 2.21. The van der Waals surface area contributed by atoms with Crippen LogP contribution in [-0.4, -0.2) is 19.6 Å². The van der Waals surface area contributed by atoms with E-state index in [-0.39, 0.29) is 4.90 Å². The quantitative estimate of drug-likeness (QED) is 0.795. The van der Waals surface area contributed by atoms with E-state index in [1.165, 1.54) is 12.1 Å². The average molecular weight is 320 g/mol. The Morgan fingerprint density at radius 1 is 1.00 bits per heavy atom. The van der Waals surface area contributed by atoms with Crippen LogP contribution < -0.4 is 0 Å². The summed E-state index contributed by atoms with van der Waals surface area (Å²) in [5.41, 5.74) is 2.16. The maximum Gasteiger partial charge on any atom is 0.294 e. The highest BCUT2D eigenvalue weighted by Crippen LogP contribution is 2.14. The predicted octanol–water partition coefficient (Wildman–Crippen LogP) is 3.33. The molecule has 2 aromatic rings. The molecule has 0 radical (unpaired) electrons. The van der Waals surface area contributed by atoms with Crippen LogP contribution in [0.4, 0.5) is 0 Å². The van der Waals surface area contributed by atoms with Crippen molar-refractivity contribution in [3.8, 4) is 0 Å². The largest absolute Gasteiger partial charge is 0.376 e. The minimum atomic E-state index is -4.12. The first-order valence-electron chi connectivity index (χ1n) is 7.13. The zero-order valence-electron chi connectivity index (χ0n) is 12.5. The van der Waals surface area contributed by atoms with Crippen molar-refractivity contribution in [3.05, 3.63) is 65.7 Å². The Labute approximate surface area is 131 Å². The molecule has 0 fully saturated rings. The van der Waals surface area contributed by atoms with Gasteiger partial charge in [0.25, 0.3) is 10.1 Å². The van der Waals surface area contributed by atoms with Crippen LogP contribution >= 0.6 is 0 Å². The highest BCUT2D eigenvalue weighted by Gasteiger charge is 2.10. The monoisotopic (exact) mass is 320 g/mol. The molecule has 0 heterocycles. The molecule has 0 bridgehead atoms. The molecule has 22 heavy (non-hydrogen) atoms. The zero-order chi connectivity index (χ0) is 16.0. The topological polar surface area (TPSA) is 63.6 Å². The molecule has 118 valence electrons. The van der Waals surface area contributed by atoms with Gasteiger partial charge in [0.1, 0.15) is 0 Å². The van der Waals surface area contributed by atoms with E-state index in [9.17, 15) is 8.42 Å². The second-order valence-electron chi connectivity index (χ2n) is 5.43. The standard InChI is InChI=1S/C17H20O4S/c1-14(12-21-13-16-5-3-2-4-6-16)11-15-7-9-17(10-8-15)22(18,19)20/h2-10,14H,11-13H2,1H3,(H,18,19,20). The highest BCUT2D eigenvalue weighted by atomic mass is 32.2. The molecule has 0 aliphatic heterocycles. The molecule has 5 heteroatoms. The van der Waals surface area contributed by atoms with Gasteiger partial charge in [-0.3, -0.25) is 4.55 Å². The van der Waals surface area contributed by atoms with Gasteiger partial charge in [-0.2, -0.15) is 8.42 Å². The molecule has 2 rings (SSSR count). The lowest BCUT2D eigenvalue weighted by Crippen LogP contribution is -2.09. The van der Waals surface area contributed by atoms with Crippen molar-refractivity contribution in [2.24, 2.45) is 5.92 Å². The summed E-state index contributed by atoms with van der Waals surface area (Å²) in [5, 5.41) is 0. The van der Waals surface area contributed by atoms with Crippen LogP contribution in [0.2, 0.25) is 0 Å². The van der Waals surface area contributed by atoms with Crippen molar-refractivity contribution in [2.75, 3.05) is 6.61 Å². The molecule has 0 saturated carbocycles. The summed E-state index contributed by atoms with van der Waals surface area (Å²) in [7, 11) is -4.12. The van der Waals surface area contributed by atoms with E-state index in [4.69, 9.17) is 9.29 Å². The van der Waals surface area contributed by atoms with Crippen LogP contribution in [0.25, 0.3) is 0 Å². The van der Waals surface area contributed by atoms with Gasteiger partial charge >= 0.3 is 0 Å². The van der Waals surface area contributed by atoms with Crippen molar-refractivity contribution >= 4 is 10.1 Å². The zero-order valence-corrected chi connectivity index (χ0v) is 13.3. The Balaban J connectivity index is 1.80. The molecule has 0 aliphatic carbocycles. The van der Waals surface area contributed by atoms with Crippen LogP contribution in [0.5, 0.6) is 0 Å². The van der Waals surface area contributed by atoms with E-state index in [0.29, 0.717) is 19.1 Å². The summed E-state index contributed by atoms with van der Waals surface area (Å²) in [6.07, 6.45) is 0.792. The van der Waals surface area contributed by atoms with E-state index >= 15 is 0 Å². The molecule has 1 N–H and O–H groups in total. The molecule has 0 aliphatic rings. The molecule has 0 spiro atoms. The van der Waals surface area contributed by atoms with Crippen molar-refractivity contribution in [3.63, 3.8) is 0 Å². The first-order chi connectivity index (χ1) is 10.4. The smallest absolute Gasteiger partial charge is 0.294 e. The molecule has 0 amide bonds. The van der Waals surface area contributed by atoms with Crippen LogP contribution in [0.15, 0.2) is 59.5 Å². The predicted molar refractivity (Wildman–Crippen MR) is 85.2 cm³/mol. The summed E-state index contributed by atoms with van der Waals surface area (Å²) >= 11 is 0. The lowest BCUT2D eigenvalue weighted by atomic mass is 10.0. The third-order valence-corrected chi connectivity index (χ3v) is 4.19. The molecular formula is C17H20O4S. The van der Waals surface area contributed by atoms with Gasteiger partial charge < -0.3 is 4.74 Å². The van der Waals surface area contributed by atoms with Crippen LogP contribution in [0.1, 0.15) is 18.1 Å². The van der Waals surface area contributed by atoms with E-state index in [1.54, 1.807) is 12.1 Å².